The zero-order chi connectivity index (χ0) is 11.8. The summed E-state index contributed by atoms with van der Waals surface area (Å²) < 4.78 is 0. The number of hydrogen-bond acceptors (Lipinski definition) is 4. The smallest absolute Gasteiger partial charge is 0.0931 e. The number of aliphatic hydroxyl groups is 2. The maximum Gasteiger partial charge on any atom is 0.0931 e. The van der Waals surface area contributed by atoms with Crippen LogP contribution in [0.4, 0.5) is 5.69 Å². The number of anilines is 1. The van der Waals surface area contributed by atoms with Crippen molar-refractivity contribution >= 4 is 5.69 Å². The van der Waals surface area contributed by atoms with Crippen LogP contribution in [0, 0.1) is 0 Å². The predicted octanol–water partition coefficient (Wildman–Crippen LogP) is 1.10. The monoisotopic (exact) mass is 222 g/mol. The average Bonchev–Trinajstić information content (AvgIpc) is 2.59. The van der Waals surface area contributed by atoms with Crippen LogP contribution < -0.4 is 4.90 Å². The third-order valence-electron chi connectivity index (χ3n) is 3.02. The molecule has 16 heavy (non-hydrogen) atoms. The summed E-state index contributed by atoms with van der Waals surface area (Å²) in [6.07, 6.45) is 2.00. The van der Waals surface area contributed by atoms with Crippen molar-refractivity contribution in [2.75, 3.05) is 18.0 Å². The molecule has 2 heterocycles. The molecule has 1 aromatic rings. The van der Waals surface area contributed by atoms with Crippen molar-refractivity contribution in [3.63, 3.8) is 0 Å². The zero-order valence-electron chi connectivity index (χ0n) is 9.72. The van der Waals surface area contributed by atoms with Gasteiger partial charge in [0.15, 0.2) is 0 Å². The fourth-order valence-corrected chi connectivity index (χ4v) is 2.00. The molecule has 4 nitrogen and oxygen atoms in total. The summed E-state index contributed by atoms with van der Waals surface area (Å²) in [4.78, 5) is 6.31. The Bertz CT molecular complexity index is 360. The lowest BCUT2D eigenvalue weighted by Crippen LogP contribution is -2.29. The molecule has 2 unspecified atom stereocenters. The summed E-state index contributed by atoms with van der Waals surface area (Å²) in [5, 5.41) is 19.2. The largest absolute Gasteiger partial charge is 0.388 e. The number of aliphatic hydroxyl groups excluding tert-OH is 1. The van der Waals surface area contributed by atoms with Gasteiger partial charge in [0.05, 0.1) is 29.3 Å². The van der Waals surface area contributed by atoms with Gasteiger partial charge in [0.1, 0.15) is 0 Å². The van der Waals surface area contributed by atoms with E-state index in [1.807, 2.05) is 19.1 Å². The van der Waals surface area contributed by atoms with Crippen molar-refractivity contribution in [3.8, 4) is 0 Å². The van der Waals surface area contributed by atoms with E-state index in [2.05, 4.69) is 9.88 Å². The molecule has 1 fully saturated rings. The van der Waals surface area contributed by atoms with E-state index in [4.69, 9.17) is 0 Å². The van der Waals surface area contributed by atoms with Gasteiger partial charge < -0.3 is 15.1 Å². The Labute approximate surface area is 95.5 Å². The average molecular weight is 222 g/mol. The van der Waals surface area contributed by atoms with E-state index in [0.717, 1.165) is 18.7 Å². The summed E-state index contributed by atoms with van der Waals surface area (Å²) in [7, 11) is 0. The van der Waals surface area contributed by atoms with Gasteiger partial charge in [-0.15, -0.1) is 0 Å². The third-order valence-corrected chi connectivity index (χ3v) is 3.02. The van der Waals surface area contributed by atoms with E-state index in [-0.39, 0.29) is 0 Å². The maximum atomic E-state index is 9.87. The first-order valence-corrected chi connectivity index (χ1v) is 5.59. The lowest BCUT2D eigenvalue weighted by atomic mass is 10.1. The van der Waals surface area contributed by atoms with Gasteiger partial charge in [-0.05, 0) is 32.4 Å². The highest BCUT2D eigenvalue weighted by atomic mass is 16.3. The summed E-state index contributed by atoms with van der Waals surface area (Å²) in [6.45, 7) is 5.04. The second-order valence-corrected chi connectivity index (χ2v) is 4.79. The lowest BCUT2D eigenvalue weighted by molar-refractivity contribution is 0.0839. The van der Waals surface area contributed by atoms with Crippen LogP contribution in [0.3, 0.4) is 0 Å². The Kier molecular flexibility index (Phi) is 2.86. The summed E-state index contributed by atoms with van der Waals surface area (Å²) >= 11 is 0. The van der Waals surface area contributed by atoms with E-state index < -0.39 is 11.7 Å². The van der Waals surface area contributed by atoms with Crippen molar-refractivity contribution in [1.29, 1.82) is 0 Å². The van der Waals surface area contributed by atoms with Crippen LogP contribution in [0.15, 0.2) is 18.3 Å². The topological polar surface area (TPSA) is 56.6 Å². The SMILES string of the molecule is CC(O)c1ccc(N2CCC(C)(O)C2)cn1. The number of pyridine rings is 1. The Hall–Kier alpha value is -1.13. The third kappa shape index (κ3) is 2.33. The molecule has 1 aliphatic rings. The summed E-state index contributed by atoms with van der Waals surface area (Å²) in [5.74, 6) is 0. The quantitative estimate of drug-likeness (QED) is 0.786. The standard InChI is InChI=1S/C12H18N2O2/c1-9(15)11-4-3-10(7-13-11)14-6-5-12(2,16)8-14/h3-4,7,9,15-16H,5-6,8H2,1-2H3. The van der Waals surface area contributed by atoms with Crippen LogP contribution in [0.1, 0.15) is 32.1 Å². The molecule has 0 saturated carbocycles. The van der Waals surface area contributed by atoms with Crippen LogP contribution in [0.5, 0.6) is 0 Å². The molecule has 1 aromatic heterocycles. The molecule has 2 rings (SSSR count). The van der Waals surface area contributed by atoms with Crippen molar-refractivity contribution in [3.05, 3.63) is 24.0 Å². The molecule has 0 bridgehead atoms. The van der Waals surface area contributed by atoms with E-state index in [1.165, 1.54) is 0 Å². The van der Waals surface area contributed by atoms with Gasteiger partial charge in [0.2, 0.25) is 0 Å². The second kappa shape index (κ2) is 4.03. The molecule has 0 aliphatic carbocycles. The van der Waals surface area contributed by atoms with E-state index in [9.17, 15) is 10.2 Å². The molecule has 2 N–H and O–H groups in total. The molecule has 2 atom stereocenters. The number of rotatable bonds is 2. The van der Waals surface area contributed by atoms with Crippen LogP contribution in [-0.2, 0) is 0 Å². The van der Waals surface area contributed by atoms with Crippen LogP contribution in [0.2, 0.25) is 0 Å². The Morgan fingerprint density at radius 1 is 1.50 bits per heavy atom. The van der Waals surface area contributed by atoms with Crippen LogP contribution in [-0.4, -0.2) is 33.9 Å². The van der Waals surface area contributed by atoms with Gasteiger partial charge in [0.25, 0.3) is 0 Å². The highest BCUT2D eigenvalue weighted by Gasteiger charge is 2.31. The number of nitrogens with zero attached hydrogens (tertiary/aromatic N) is 2. The number of aromatic nitrogens is 1. The van der Waals surface area contributed by atoms with E-state index >= 15 is 0 Å². The fourth-order valence-electron chi connectivity index (χ4n) is 2.00. The van der Waals surface area contributed by atoms with Gasteiger partial charge in [-0.3, -0.25) is 4.98 Å². The molecule has 0 spiro atoms. The summed E-state index contributed by atoms with van der Waals surface area (Å²) in [5.41, 5.74) is 1.08. The Balaban J connectivity index is 2.11. The number of β-amino-alcohol motifs (C(OH)–C–C–N with tert-alkyl or cyclic N) is 1. The highest BCUT2D eigenvalue weighted by molar-refractivity contribution is 5.46. The first-order chi connectivity index (χ1) is 7.48. The predicted molar refractivity (Wildman–Crippen MR) is 62.3 cm³/mol. The van der Waals surface area contributed by atoms with Crippen molar-refractivity contribution < 1.29 is 10.2 Å². The van der Waals surface area contributed by atoms with Gasteiger partial charge in [0, 0.05) is 13.1 Å². The van der Waals surface area contributed by atoms with Crippen molar-refractivity contribution in [2.45, 2.75) is 32.0 Å². The van der Waals surface area contributed by atoms with Gasteiger partial charge in [-0.1, -0.05) is 0 Å². The van der Waals surface area contributed by atoms with E-state index in [0.29, 0.717) is 12.2 Å². The Morgan fingerprint density at radius 3 is 2.69 bits per heavy atom. The fraction of sp³-hybridized carbons (Fsp3) is 0.583. The minimum Gasteiger partial charge on any atom is -0.388 e. The lowest BCUT2D eigenvalue weighted by Gasteiger charge is -2.20. The van der Waals surface area contributed by atoms with Crippen molar-refractivity contribution in [2.24, 2.45) is 0 Å². The minimum atomic E-state index is -0.594. The maximum absolute atomic E-state index is 9.87. The van der Waals surface area contributed by atoms with Gasteiger partial charge >= 0.3 is 0 Å². The van der Waals surface area contributed by atoms with Crippen LogP contribution in [0.25, 0.3) is 0 Å². The molecular weight excluding hydrogens is 204 g/mol. The van der Waals surface area contributed by atoms with Gasteiger partial charge in [-0.2, -0.15) is 0 Å². The molecule has 0 amide bonds. The molecule has 0 radical (unpaired) electrons. The molecule has 1 aliphatic heterocycles. The summed E-state index contributed by atoms with van der Waals surface area (Å²) in [6, 6.07) is 3.77. The number of hydrogen-bond donors (Lipinski definition) is 2. The minimum absolute atomic E-state index is 0.532. The van der Waals surface area contributed by atoms with Crippen molar-refractivity contribution in [1.82, 2.24) is 4.98 Å². The second-order valence-electron chi connectivity index (χ2n) is 4.79. The first-order valence-electron chi connectivity index (χ1n) is 5.59. The van der Waals surface area contributed by atoms with Crippen LogP contribution >= 0.6 is 0 Å². The first kappa shape index (κ1) is 11.4. The molecule has 4 heteroatoms. The zero-order valence-corrected chi connectivity index (χ0v) is 9.72. The normalized spacial score (nSPS) is 27.1. The van der Waals surface area contributed by atoms with Gasteiger partial charge in [-0.25, -0.2) is 0 Å². The Morgan fingerprint density at radius 2 is 2.25 bits per heavy atom. The van der Waals surface area contributed by atoms with E-state index in [1.54, 1.807) is 13.1 Å². The molecular formula is C12H18N2O2. The molecule has 88 valence electrons. The highest BCUT2D eigenvalue weighted by Crippen LogP contribution is 2.26. The molecule has 1 saturated heterocycles. The molecule has 0 aromatic carbocycles.